The molecule has 0 unspecified atom stereocenters. The third-order valence-electron chi connectivity index (χ3n) is 1.35. The second-order valence-electron chi connectivity index (χ2n) is 2.49. The molecular weight excluding hydrogens is 270 g/mol. The van der Waals surface area contributed by atoms with Crippen molar-refractivity contribution >= 4 is 33.5 Å². The molecule has 0 aliphatic rings. The lowest BCUT2D eigenvalue weighted by Gasteiger charge is -2.11. The van der Waals surface area contributed by atoms with Crippen LogP contribution in [0.1, 0.15) is 0 Å². The number of halogens is 3. The summed E-state index contributed by atoms with van der Waals surface area (Å²) >= 11 is 5.24. The molecule has 0 spiro atoms. The fourth-order valence-electron chi connectivity index (χ4n) is 0.692. The van der Waals surface area contributed by atoms with E-state index in [4.69, 9.17) is 16.2 Å². The molecule has 1 aromatic rings. The predicted molar refractivity (Wildman–Crippen MR) is 53.8 cm³/mol. The minimum atomic E-state index is -5.41. The number of rotatable bonds is 3. The summed E-state index contributed by atoms with van der Waals surface area (Å²) in [5, 5.41) is 0.342. The predicted octanol–water partition coefficient (Wildman–Crippen LogP) is 2.87. The second-order valence-corrected chi connectivity index (χ2v) is 5.84. The average Bonchev–Trinajstić information content (AvgIpc) is 2.06. The summed E-state index contributed by atoms with van der Waals surface area (Å²) in [5.74, 6) is 0. The number of thioether (sulfide) groups is 1. The Kier molecular flexibility index (Phi) is 3.59. The number of benzene rings is 1. The summed E-state index contributed by atoms with van der Waals surface area (Å²) in [7, 11) is -5.41. The molecule has 0 aliphatic carbocycles. The van der Waals surface area contributed by atoms with Gasteiger partial charge in [-0.25, -0.2) is 0 Å². The zero-order valence-corrected chi connectivity index (χ0v) is 9.41. The van der Waals surface area contributed by atoms with Gasteiger partial charge in [-0.05, 0) is 36.0 Å². The van der Waals surface area contributed by atoms with Crippen LogP contribution >= 0.6 is 23.4 Å². The van der Waals surface area contributed by atoms with Gasteiger partial charge in [0.2, 0.25) is 0 Å². The van der Waals surface area contributed by atoms with E-state index in [1.54, 1.807) is 0 Å². The van der Waals surface area contributed by atoms with Gasteiger partial charge in [-0.3, -0.25) is 4.55 Å². The monoisotopic (exact) mass is 274 g/mol. The van der Waals surface area contributed by atoms with E-state index < -0.39 is 14.7 Å². The van der Waals surface area contributed by atoms with Crippen LogP contribution in [-0.4, -0.2) is 17.6 Å². The van der Waals surface area contributed by atoms with Gasteiger partial charge in [0, 0.05) is 9.92 Å². The van der Waals surface area contributed by atoms with E-state index >= 15 is 0 Å². The Bertz CT molecular complexity index is 444. The molecule has 0 aliphatic heterocycles. The molecule has 0 fully saturated rings. The molecular formula is C7H5ClF2O3S2. The highest BCUT2D eigenvalue weighted by atomic mass is 35.5. The van der Waals surface area contributed by atoms with Crippen molar-refractivity contribution in [1.82, 2.24) is 0 Å². The van der Waals surface area contributed by atoms with E-state index in [-0.39, 0.29) is 16.7 Å². The zero-order chi connectivity index (χ0) is 11.7. The highest BCUT2D eigenvalue weighted by molar-refractivity contribution is 8.12. The van der Waals surface area contributed by atoms with Crippen LogP contribution in [0.2, 0.25) is 5.02 Å². The molecule has 3 nitrogen and oxygen atoms in total. The van der Waals surface area contributed by atoms with E-state index in [0.717, 1.165) is 0 Å². The Morgan fingerprint density at radius 3 is 2.13 bits per heavy atom. The molecule has 0 heterocycles. The first-order valence-corrected chi connectivity index (χ1v) is 6.15. The average molecular weight is 275 g/mol. The zero-order valence-electron chi connectivity index (χ0n) is 7.02. The molecule has 0 saturated carbocycles. The van der Waals surface area contributed by atoms with E-state index in [1.807, 2.05) is 0 Å². The van der Waals surface area contributed by atoms with Crippen LogP contribution < -0.4 is 0 Å². The lowest BCUT2D eigenvalue weighted by molar-refractivity contribution is 0.180. The number of hydrogen-bond donors (Lipinski definition) is 1. The van der Waals surface area contributed by atoms with Crippen LogP contribution in [0.4, 0.5) is 8.78 Å². The summed E-state index contributed by atoms with van der Waals surface area (Å²) in [4.78, 5) is -0.0120. The van der Waals surface area contributed by atoms with Gasteiger partial charge in [-0.1, -0.05) is 11.6 Å². The van der Waals surface area contributed by atoms with Crippen LogP contribution in [-0.2, 0) is 10.1 Å². The summed E-state index contributed by atoms with van der Waals surface area (Å²) in [5.41, 5.74) is 0. The van der Waals surface area contributed by atoms with Gasteiger partial charge in [0.25, 0.3) is 0 Å². The highest BCUT2D eigenvalue weighted by Gasteiger charge is 2.45. The first kappa shape index (κ1) is 12.7. The molecule has 0 radical (unpaired) electrons. The van der Waals surface area contributed by atoms with Gasteiger partial charge in [0.1, 0.15) is 0 Å². The SMILES string of the molecule is O=S(=O)(O)C(F)(F)Sc1ccc(Cl)cc1. The topological polar surface area (TPSA) is 54.4 Å². The Morgan fingerprint density at radius 1 is 1.27 bits per heavy atom. The second kappa shape index (κ2) is 4.25. The van der Waals surface area contributed by atoms with Crippen LogP contribution in [0.25, 0.3) is 0 Å². The van der Waals surface area contributed by atoms with E-state index in [2.05, 4.69) is 0 Å². The molecule has 8 heteroatoms. The molecule has 1 N–H and O–H groups in total. The molecule has 15 heavy (non-hydrogen) atoms. The molecule has 84 valence electrons. The normalized spacial score (nSPS) is 12.8. The van der Waals surface area contributed by atoms with Crippen molar-refractivity contribution in [3.05, 3.63) is 29.3 Å². The third kappa shape index (κ3) is 3.30. The van der Waals surface area contributed by atoms with Crippen molar-refractivity contribution in [2.24, 2.45) is 0 Å². The maximum atomic E-state index is 12.8. The van der Waals surface area contributed by atoms with Crippen LogP contribution in [0.15, 0.2) is 29.2 Å². The fraction of sp³-hybridized carbons (Fsp3) is 0.143. The first-order valence-electron chi connectivity index (χ1n) is 3.52. The van der Waals surface area contributed by atoms with Crippen LogP contribution in [0.3, 0.4) is 0 Å². The fourth-order valence-corrected chi connectivity index (χ4v) is 2.07. The lowest BCUT2D eigenvalue weighted by Crippen LogP contribution is -2.23. The van der Waals surface area contributed by atoms with Gasteiger partial charge in [-0.15, -0.1) is 0 Å². The molecule has 0 amide bonds. The Balaban J connectivity index is 2.92. The summed E-state index contributed by atoms with van der Waals surface area (Å²) in [6.07, 6.45) is 0. The Hall–Kier alpha value is -0.370. The van der Waals surface area contributed by atoms with E-state index in [9.17, 15) is 17.2 Å². The van der Waals surface area contributed by atoms with Crippen molar-refractivity contribution < 1.29 is 21.8 Å². The Morgan fingerprint density at radius 2 is 1.73 bits per heavy atom. The maximum absolute atomic E-state index is 12.8. The van der Waals surface area contributed by atoms with Crippen molar-refractivity contribution in [3.8, 4) is 0 Å². The quantitative estimate of drug-likeness (QED) is 0.680. The molecule has 0 aromatic heterocycles. The molecule has 0 atom stereocenters. The standard InChI is InChI=1S/C7H5ClF2O3S2/c8-5-1-3-6(4-2-5)14-7(9,10)15(11,12)13/h1-4H,(H,11,12,13). The molecule has 0 bridgehead atoms. The Labute approximate surface area is 94.2 Å². The smallest absolute Gasteiger partial charge is 0.280 e. The third-order valence-corrected chi connectivity index (χ3v) is 3.83. The van der Waals surface area contributed by atoms with Gasteiger partial charge in [-0.2, -0.15) is 17.2 Å². The van der Waals surface area contributed by atoms with E-state index in [0.29, 0.717) is 5.02 Å². The van der Waals surface area contributed by atoms with Crippen LogP contribution in [0.5, 0.6) is 0 Å². The van der Waals surface area contributed by atoms with Crippen molar-refractivity contribution in [1.29, 1.82) is 0 Å². The molecule has 1 rings (SSSR count). The van der Waals surface area contributed by atoms with Gasteiger partial charge >= 0.3 is 14.7 Å². The summed E-state index contributed by atoms with van der Waals surface area (Å²) in [6, 6.07) is 5.13. The molecule has 1 aromatic carbocycles. The summed E-state index contributed by atoms with van der Waals surface area (Å²) in [6.45, 7) is 0. The number of alkyl halides is 2. The minimum absolute atomic E-state index is 0.0120. The van der Waals surface area contributed by atoms with Gasteiger partial charge in [0.05, 0.1) is 0 Å². The van der Waals surface area contributed by atoms with Crippen LogP contribution in [0, 0.1) is 0 Å². The lowest BCUT2D eigenvalue weighted by atomic mass is 10.4. The number of hydrogen-bond acceptors (Lipinski definition) is 3. The van der Waals surface area contributed by atoms with Gasteiger partial charge in [0.15, 0.2) is 0 Å². The first-order chi connectivity index (χ1) is 6.72. The van der Waals surface area contributed by atoms with Gasteiger partial charge < -0.3 is 0 Å². The van der Waals surface area contributed by atoms with E-state index in [1.165, 1.54) is 24.3 Å². The van der Waals surface area contributed by atoms with Crippen molar-refractivity contribution in [2.75, 3.05) is 0 Å². The minimum Gasteiger partial charge on any atom is -0.280 e. The summed E-state index contributed by atoms with van der Waals surface area (Å²) < 4.78 is 50.2. The van der Waals surface area contributed by atoms with Crippen molar-refractivity contribution in [3.63, 3.8) is 0 Å². The van der Waals surface area contributed by atoms with Crippen molar-refractivity contribution in [2.45, 2.75) is 9.48 Å². The highest BCUT2D eigenvalue weighted by Crippen LogP contribution is 2.39. The molecule has 0 saturated heterocycles. The largest absolute Gasteiger partial charge is 0.421 e. The maximum Gasteiger partial charge on any atom is 0.421 e.